The molecule has 1 heterocycles. The molecule has 0 spiro atoms. The molecule has 1 aromatic rings. The number of rotatable bonds is 6. The van der Waals surface area contributed by atoms with Gasteiger partial charge in [0.25, 0.3) is 5.69 Å². The van der Waals surface area contributed by atoms with Gasteiger partial charge in [0.05, 0.1) is 10.8 Å². The average molecular weight is 340 g/mol. The van der Waals surface area contributed by atoms with Gasteiger partial charge in [0.15, 0.2) is 0 Å². The minimum Gasteiger partial charge on any atom is -0.365 e. The van der Waals surface area contributed by atoms with Gasteiger partial charge in [-0.25, -0.2) is 0 Å². The Morgan fingerprint density at radius 3 is 3.00 bits per heavy atom. The summed E-state index contributed by atoms with van der Waals surface area (Å²) in [4.78, 5) is 25.0. The predicted octanol–water partition coefficient (Wildman–Crippen LogP) is 3.38. The Labute approximate surface area is 141 Å². The minimum atomic E-state index is -0.424. The van der Waals surface area contributed by atoms with E-state index in [1.165, 1.54) is 6.07 Å². The molecule has 23 heavy (non-hydrogen) atoms. The van der Waals surface area contributed by atoms with Gasteiger partial charge in [-0.15, -0.1) is 0 Å². The van der Waals surface area contributed by atoms with Gasteiger partial charge in [0.2, 0.25) is 5.91 Å². The lowest BCUT2D eigenvalue weighted by Crippen LogP contribution is -2.43. The molecule has 126 valence electrons. The van der Waals surface area contributed by atoms with Crippen LogP contribution in [0.25, 0.3) is 0 Å². The number of piperidine rings is 1. The minimum absolute atomic E-state index is 0.00968. The summed E-state index contributed by atoms with van der Waals surface area (Å²) in [6.45, 7) is 3.97. The number of anilines is 1. The number of nitrogens with one attached hydrogen (secondary N) is 1. The lowest BCUT2D eigenvalue weighted by atomic mass is 9.96. The second-order valence-electron chi connectivity index (χ2n) is 5.82. The summed E-state index contributed by atoms with van der Waals surface area (Å²) in [5.41, 5.74) is 0.523. The third-order valence-corrected chi connectivity index (χ3v) is 4.33. The average Bonchev–Trinajstić information content (AvgIpc) is 2.55. The van der Waals surface area contributed by atoms with E-state index in [1.807, 2.05) is 4.90 Å². The highest BCUT2D eigenvalue weighted by atomic mass is 35.5. The quantitative estimate of drug-likeness (QED) is 0.489. The number of nitro groups is 1. The van der Waals surface area contributed by atoms with E-state index in [4.69, 9.17) is 11.6 Å². The number of nitro benzene ring substituents is 1. The van der Waals surface area contributed by atoms with Crippen molar-refractivity contribution in [1.82, 2.24) is 5.32 Å². The fourth-order valence-corrected chi connectivity index (χ4v) is 3.02. The van der Waals surface area contributed by atoms with Gasteiger partial charge in [-0.2, -0.15) is 0 Å². The van der Waals surface area contributed by atoms with E-state index in [-0.39, 0.29) is 17.5 Å². The number of carbonyl (C=O) groups excluding carboxylic acids is 1. The van der Waals surface area contributed by atoms with E-state index in [9.17, 15) is 14.9 Å². The van der Waals surface area contributed by atoms with Crippen molar-refractivity contribution >= 4 is 28.9 Å². The topological polar surface area (TPSA) is 75.5 Å². The molecule has 1 unspecified atom stereocenters. The Morgan fingerprint density at radius 1 is 1.52 bits per heavy atom. The van der Waals surface area contributed by atoms with Gasteiger partial charge < -0.3 is 10.2 Å². The number of benzene rings is 1. The summed E-state index contributed by atoms with van der Waals surface area (Å²) < 4.78 is 0. The summed E-state index contributed by atoms with van der Waals surface area (Å²) in [6.07, 6.45) is 3.65. The first-order chi connectivity index (χ1) is 11.0. The van der Waals surface area contributed by atoms with Crippen LogP contribution in [0.4, 0.5) is 11.4 Å². The SMILES string of the molecule is CCCCNC(=O)C1CCCN(c2ccc(Cl)cc2[N+](=O)[O-])C1. The van der Waals surface area contributed by atoms with Crippen LogP contribution in [-0.4, -0.2) is 30.5 Å². The number of amides is 1. The standard InChI is InChI=1S/C16H22ClN3O3/c1-2-3-8-18-16(21)12-5-4-9-19(11-12)14-7-6-13(17)10-15(14)20(22)23/h6-7,10,12H,2-5,8-9,11H2,1H3,(H,18,21). The first-order valence-corrected chi connectivity index (χ1v) is 8.37. The zero-order valence-electron chi connectivity index (χ0n) is 13.3. The van der Waals surface area contributed by atoms with Crippen LogP contribution in [0.2, 0.25) is 5.02 Å². The second kappa shape index (κ2) is 8.15. The van der Waals surface area contributed by atoms with Crippen molar-refractivity contribution < 1.29 is 9.72 Å². The Bertz CT molecular complexity index is 580. The lowest BCUT2D eigenvalue weighted by Gasteiger charge is -2.33. The van der Waals surface area contributed by atoms with E-state index in [0.29, 0.717) is 30.3 Å². The highest BCUT2D eigenvalue weighted by Gasteiger charge is 2.29. The molecule has 0 saturated carbocycles. The molecule has 1 aliphatic heterocycles. The maximum absolute atomic E-state index is 12.2. The molecule has 1 N–H and O–H groups in total. The summed E-state index contributed by atoms with van der Waals surface area (Å²) >= 11 is 5.86. The van der Waals surface area contributed by atoms with Crippen LogP contribution >= 0.6 is 11.6 Å². The first kappa shape index (κ1) is 17.5. The maximum atomic E-state index is 12.2. The van der Waals surface area contributed by atoms with Crippen molar-refractivity contribution in [3.8, 4) is 0 Å². The lowest BCUT2D eigenvalue weighted by molar-refractivity contribution is -0.384. The van der Waals surface area contributed by atoms with Crippen LogP contribution in [-0.2, 0) is 4.79 Å². The van der Waals surface area contributed by atoms with Crippen LogP contribution < -0.4 is 10.2 Å². The molecule has 7 heteroatoms. The zero-order chi connectivity index (χ0) is 16.8. The maximum Gasteiger partial charge on any atom is 0.294 e. The Hall–Kier alpha value is -1.82. The third-order valence-electron chi connectivity index (χ3n) is 4.10. The van der Waals surface area contributed by atoms with Crippen LogP contribution in [0.1, 0.15) is 32.6 Å². The van der Waals surface area contributed by atoms with Crippen molar-refractivity contribution in [3.63, 3.8) is 0 Å². The molecule has 0 aliphatic carbocycles. The first-order valence-electron chi connectivity index (χ1n) is 7.99. The number of halogens is 1. The van der Waals surface area contributed by atoms with Crippen molar-refractivity contribution in [1.29, 1.82) is 0 Å². The zero-order valence-corrected chi connectivity index (χ0v) is 14.0. The van der Waals surface area contributed by atoms with Gasteiger partial charge in [-0.1, -0.05) is 24.9 Å². The van der Waals surface area contributed by atoms with Crippen molar-refractivity contribution in [3.05, 3.63) is 33.3 Å². The van der Waals surface area contributed by atoms with Crippen LogP contribution in [0.15, 0.2) is 18.2 Å². The highest BCUT2D eigenvalue weighted by Crippen LogP contribution is 2.33. The number of hydrogen-bond donors (Lipinski definition) is 1. The molecule has 0 radical (unpaired) electrons. The molecule has 1 amide bonds. The Kier molecular flexibility index (Phi) is 6.21. The molecule has 0 aromatic heterocycles. The van der Waals surface area contributed by atoms with E-state index in [2.05, 4.69) is 12.2 Å². The largest absolute Gasteiger partial charge is 0.365 e. The molecule has 1 aliphatic rings. The smallest absolute Gasteiger partial charge is 0.294 e. The molecule has 1 aromatic carbocycles. The molecule has 0 bridgehead atoms. The Balaban J connectivity index is 2.09. The van der Waals surface area contributed by atoms with Gasteiger partial charge in [-0.3, -0.25) is 14.9 Å². The number of unbranched alkanes of at least 4 members (excludes halogenated alkanes) is 1. The fourth-order valence-electron chi connectivity index (χ4n) is 2.85. The van der Waals surface area contributed by atoms with Crippen LogP contribution in [0.5, 0.6) is 0 Å². The summed E-state index contributed by atoms with van der Waals surface area (Å²) in [5, 5.41) is 14.5. The fraction of sp³-hybridized carbons (Fsp3) is 0.562. The van der Waals surface area contributed by atoms with E-state index in [1.54, 1.807) is 12.1 Å². The van der Waals surface area contributed by atoms with Crippen molar-refractivity contribution in [2.24, 2.45) is 5.92 Å². The van der Waals surface area contributed by atoms with Gasteiger partial charge in [-0.05, 0) is 31.4 Å². The van der Waals surface area contributed by atoms with E-state index >= 15 is 0 Å². The molecular formula is C16H22ClN3O3. The van der Waals surface area contributed by atoms with Crippen molar-refractivity contribution in [2.45, 2.75) is 32.6 Å². The molecule has 1 saturated heterocycles. The molecule has 1 atom stereocenters. The Morgan fingerprint density at radius 2 is 2.30 bits per heavy atom. The van der Waals surface area contributed by atoms with E-state index < -0.39 is 4.92 Å². The number of nitrogens with zero attached hydrogens (tertiary/aromatic N) is 2. The molecule has 6 nitrogen and oxygen atoms in total. The second-order valence-corrected chi connectivity index (χ2v) is 6.26. The van der Waals surface area contributed by atoms with Crippen molar-refractivity contribution in [2.75, 3.05) is 24.5 Å². The number of carbonyl (C=O) groups is 1. The molecular weight excluding hydrogens is 318 g/mol. The number of hydrogen-bond acceptors (Lipinski definition) is 4. The highest BCUT2D eigenvalue weighted by molar-refractivity contribution is 6.30. The van der Waals surface area contributed by atoms with Crippen LogP contribution in [0, 0.1) is 16.0 Å². The summed E-state index contributed by atoms with van der Waals surface area (Å²) in [5.74, 6) is -0.0874. The predicted molar refractivity (Wildman–Crippen MR) is 91.0 cm³/mol. The summed E-state index contributed by atoms with van der Waals surface area (Å²) in [7, 11) is 0. The van der Waals surface area contributed by atoms with Crippen LogP contribution in [0.3, 0.4) is 0 Å². The normalized spacial score (nSPS) is 17.8. The summed E-state index contributed by atoms with van der Waals surface area (Å²) in [6, 6.07) is 4.68. The van der Waals surface area contributed by atoms with Gasteiger partial charge in [0, 0.05) is 30.7 Å². The van der Waals surface area contributed by atoms with E-state index in [0.717, 1.165) is 25.7 Å². The molecule has 2 rings (SSSR count). The monoisotopic (exact) mass is 339 g/mol. The molecule has 1 fully saturated rings. The van der Waals surface area contributed by atoms with Gasteiger partial charge in [0.1, 0.15) is 5.69 Å². The van der Waals surface area contributed by atoms with Gasteiger partial charge >= 0.3 is 0 Å². The third kappa shape index (κ3) is 4.58.